The molecular weight excluding hydrogens is 422 g/mol. The minimum absolute atomic E-state index is 0.219. The van der Waals surface area contributed by atoms with E-state index in [-0.39, 0.29) is 6.04 Å². The zero-order valence-electron chi connectivity index (χ0n) is 19.3. The van der Waals surface area contributed by atoms with E-state index in [1.807, 2.05) is 30.5 Å². The minimum atomic E-state index is -2.72. The van der Waals surface area contributed by atoms with Crippen LogP contribution in [-0.4, -0.2) is 47.7 Å². The summed E-state index contributed by atoms with van der Waals surface area (Å²) in [5.41, 5.74) is 4.72. The number of aromatic nitrogens is 1. The van der Waals surface area contributed by atoms with Crippen LogP contribution >= 0.6 is 0 Å². The van der Waals surface area contributed by atoms with Crippen LogP contribution < -0.4 is 4.74 Å². The van der Waals surface area contributed by atoms with Crippen molar-refractivity contribution in [2.24, 2.45) is 5.92 Å². The first-order valence-electron chi connectivity index (χ1n) is 11.0. The molecule has 1 aliphatic rings. The molecule has 32 heavy (non-hydrogen) atoms. The normalized spacial score (nSPS) is 21.5. The summed E-state index contributed by atoms with van der Waals surface area (Å²) < 4.78 is 31.3. The number of fused-ring (bicyclic) bond motifs is 1. The van der Waals surface area contributed by atoms with Gasteiger partial charge in [0.25, 0.3) is 0 Å². The number of piperidine rings is 1. The highest BCUT2D eigenvalue weighted by molar-refractivity contribution is 7.91. The molecule has 0 aliphatic carbocycles. The summed E-state index contributed by atoms with van der Waals surface area (Å²) in [5, 5.41) is 1.20. The Morgan fingerprint density at radius 2 is 1.97 bits per heavy atom. The van der Waals surface area contributed by atoms with E-state index in [0.717, 1.165) is 43.8 Å². The zero-order chi connectivity index (χ0) is 22.9. The van der Waals surface area contributed by atoms with Crippen LogP contribution in [0.3, 0.4) is 0 Å². The summed E-state index contributed by atoms with van der Waals surface area (Å²) in [6.45, 7) is 4.61. The maximum absolute atomic E-state index is 12.1. The molecule has 1 fully saturated rings. The SMILES string of the molecule is COCC1CCN(Cc2c(OC)cc(C)c3[nH]ccc23)[C@H](c2ccc(S(C)(=N)=O)cc2)C1. The van der Waals surface area contributed by atoms with Crippen molar-refractivity contribution in [3.05, 3.63) is 59.3 Å². The molecule has 3 atom stereocenters. The second-order valence-electron chi connectivity index (χ2n) is 8.89. The number of aryl methyl sites for hydroxylation is 1. The van der Waals surface area contributed by atoms with E-state index in [4.69, 9.17) is 14.3 Å². The number of likely N-dealkylation sites (tertiary alicyclic amines) is 1. The van der Waals surface area contributed by atoms with Crippen molar-refractivity contribution in [2.45, 2.75) is 37.2 Å². The first-order chi connectivity index (χ1) is 15.3. The molecule has 2 unspecified atom stereocenters. The van der Waals surface area contributed by atoms with Crippen LogP contribution in [0.5, 0.6) is 5.75 Å². The van der Waals surface area contributed by atoms with Gasteiger partial charge in [-0.15, -0.1) is 0 Å². The van der Waals surface area contributed by atoms with Gasteiger partial charge in [0.05, 0.1) is 16.8 Å². The second-order valence-corrected chi connectivity index (χ2v) is 11.0. The molecule has 0 radical (unpaired) electrons. The smallest absolute Gasteiger partial charge is 0.124 e. The van der Waals surface area contributed by atoms with Crippen molar-refractivity contribution in [3.63, 3.8) is 0 Å². The summed E-state index contributed by atoms with van der Waals surface area (Å²) in [6.07, 6.45) is 5.54. The van der Waals surface area contributed by atoms with Gasteiger partial charge in [0.2, 0.25) is 0 Å². The molecule has 2 aromatic carbocycles. The average molecular weight is 456 g/mol. The number of benzene rings is 2. The van der Waals surface area contributed by atoms with Crippen LogP contribution in [0.1, 0.15) is 35.6 Å². The van der Waals surface area contributed by atoms with Gasteiger partial charge in [0.1, 0.15) is 5.75 Å². The van der Waals surface area contributed by atoms with Gasteiger partial charge in [-0.2, -0.15) is 0 Å². The van der Waals surface area contributed by atoms with E-state index in [0.29, 0.717) is 10.8 Å². The van der Waals surface area contributed by atoms with Crippen LogP contribution in [0.15, 0.2) is 47.5 Å². The highest BCUT2D eigenvalue weighted by atomic mass is 32.2. The van der Waals surface area contributed by atoms with E-state index in [2.05, 4.69) is 28.9 Å². The number of rotatable bonds is 7. The number of ether oxygens (including phenoxy) is 2. The lowest BCUT2D eigenvalue weighted by Gasteiger charge is -2.40. The number of aromatic amines is 1. The third-order valence-corrected chi connectivity index (χ3v) is 7.80. The van der Waals surface area contributed by atoms with E-state index in [9.17, 15) is 4.21 Å². The molecule has 172 valence electrons. The van der Waals surface area contributed by atoms with Crippen molar-refractivity contribution in [3.8, 4) is 5.75 Å². The summed E-state index contributed by atoms with van der Waals surface area (Å²) in [4.78, 5) is 6.46. The van der Waals surface area contributed by atoms with Gasteiger partial charge >= 0.3 is 0 Å². The highest BCUT2D eigenvalue weighted by Gasteiger charge is 2.31. The van der Waals surface area contributed by atoms with Crippen molar-refractivity contribution in [1.82, 2.24) is 9.88 Å². The van der Waals surface area contributed by atoms with Crippen molar-refractivity contribution in [1.29, 1.82) is 4.78 Å². The molecule has 3 aromatic rings. The Balaban J connectivity index is 1.70. The van der Waals surface area contributed by atoms with E-state index in [1.54, 1.807) is 14.2 Å². The number of nitrogens with one attached hydrogen (secondary N) is 2. The Morgan fingerprint density at radius 1 is 1.22 bits per heavy atom. The predicted molar refractivity (Wildman–Crippen MR) is 129 cm³/mol. The van der Waals surface area contributed by atoms with Crippen LogP contribution in [0.25, 0.3) is 10.9 Å². The van der Waals surface area contributed by atoms with Gasteiger partial charge in [-0.05, 0) is 67.6 Å². The van der Waals surface area contributed by atoms with E-state index < -0.39 is 9.73 Å². The summed E-state index contributed by atoms with van der Waals surface area (Å²) in [7, 11) is 0.787. The third-order valence-electron chi connectivity index (χ3n) is 6.63. The lowest BCUT2D eigenvalue weighted by molar-refractivity contribution is 0.0579. The standard InChI is InChI=1S/C25H33N3O3S/c1-17-13-24(31-3)22(21-9-11-27-25(17)21)15-28-12-10-18(16-30-2)14-23(28)19-5-7-20(8-6-19)32(4,26)29/h5-9,11,13,18,23,26-27H,10,12,14-16H2,1-4H3/t18?,23-,32?/m0/s1. The number of methoxy groups -OCH3 is 2. The fraction of sp³-hybridized carbons (Fsp3) is 0.440. The molecular formula is C25H33N3O3S. The van der Waals surface area contributed by atoms with Gasteiger partial charge in [0.15, 0.2) is 0 Å². The van der Waals surface area contributed by atoms with Crippen molar-refractivity contribution < 1.29 is 13.7 Å². The average Bonchev–Trinajstić information content (AvgIpc) is 3.27. The van der Waals surface area contributed by atoms with E-state index >= 15 is 0 Å². The number of nitrogens with zero attached hydrogens (tertiary/aromatic N) is 1. The molecule has 1 aromatic heterocycles. The molecule has 0 amide bonds. The molecule has 7 heteroatoms. The lowest BCUT2D eigenvalue weighted by Crippen LogP contribution is -2.37. The van der Waals surface area contributed by atoms with Gasteiger partial charge in [-0.1, -0.05) is 12.1 Å². The largest absolute Gasteiger partial charge is 0.496 e. The summed E-state index contributed by atoms with van der Waals surface area (Å²) in [6, 6.07) is 12.2. The van der Waals surface area contributed by atoms with Crippen molar-refractivity contribution >= 4 is 20.6 Å². The van der Waals surface area contributed by atoms with E-state index in [1.165, 1.54) is 28.3 Å². The van der Waals surface area contributed by atoms with Gasteiger partial charge in [0, 0.05) is 60.1 Å². The van der Waals surface area contributed by atoms with Crippen molar-refractivity contribution in [2.75, 3.05) is 33.6 Å². The Morgan fingerprint density at radius 3 is 2.62 bits per heavy atom. The molecule has 0 bridgehead atoms. The third kappa shape index (κ3) is 4.56. The molecule has 6 nitrogen and oxygen atoms in total. The summed E-state index contributed by atoms with van der Waals surface area (Å²) in [5.74, 6) is 1.42. The number of hydrogen-bond acceptors (Lipinski definition) is 5. The molecule has 0 saturated carbocycles. The first-order valence-corrected chi connectivity index (χ1v) is 13.0. The fourth-order valence-corrected chi connectivity index (χ4v) is 5.60. The lowest BCUT2D eigenvalue weighted by atomic mass is 9.87. The molecule has 1 saturated heterocycles. The molecule has 1 aliphatic heterocycles. The highest BCUT2D eigenvalue weighted by Crippen LogP contribution is 2.39. The van der Waals surface area contributed by atoms with Crippen LogP contribution in [0.2, 0.25) is 0 Å². The summed E-state index contributed by atoms with van der Waals surface area (Å²) >= 11 is 0. The van der Waals surface area contributed by atoms with Gasteiger partial charge in [-0.3, -0.25) is 4.90 Å². The number of hydrogen-bond donors (Lipinski definition) is 2. The second kappa shape index (κ2) is 9.25. The molecule has 4 rings (SSSR count). The Kier molecular flexibility index (Phi) is 6.60. The van der Waals surface area contributed by atoms with Gasteiger partial charge in [-0.25, -0.2) is 8.99 Å². The molecule has 2 N–H and O–H groups in total. The predicted octanol–water partition coefficient (Wildman–Crippen LogP) is 5.12. The van der Waals surface area contributed by atoms with Gasteiger partial charge < -0.3 is 14.5 Å². The maximum atomic E-state index is 12.1. The van der Waals surface area contributed by atoms with Crippen LogP contribution in [0, 0.1) is 17.6 Å². The Hall–Kier alpha value is -2.35. The zero-order valence-corrected chi connectivity index (χ0v) is 20.1. The molecule has 2 heterocycles. The van der Waals surface area contributed by atoms with Crippen LogP contribution in [-0.2, 0) is 21.0 Å². The topological polar surface area (TPSA) is 78.4 Å². The Bertz CT molecular complexity index is 1190. The quantitative estimate of drug-likeness (QED) is 0.518. The first kappa shape index (κ1) is 22.8. The minimum Gasteiger partial charge on any atom is -0.496 e. The van der Waals surface area contributed by atoms with Crippen LogP contribution in [0.4, 0.5) is 0 Å². The Labute approximate surface area is 190 Å². The monoisotopic (exact) mass is 455 g/mol. The maximum Gasteiger partial charge on any atom is 0.124 e. The molecule has 0 spiro atoms. The fourth-order valence-electron chi connectivity index (χ4n) is 4.94. The number of H-pyrrole nitrogens is 1.